The van der Waals surface area contributed by atoms with Crippen molar-refractivity contribution < 1.29 is 4.42 Å². The monoisotopic (exact) mass is 552 g/mol. The second kappa shape index (κ2) is 9.46. The first-order valence-corrected chi connectivity index (χ1v) is 14.4. The first-order chi connectivity index (χ1) is 20.7. The zero-order valence-electron chi connectivity index (χ0n) is 22.3. The summed E-state index contributed by atoms with van der Waals surface area (Å²) in [7, 11) is 0. The SMILES string of the molecule is N#Cc1ccccc1-c1cc(-c2ccc3c(c2)oc2ccccc23)c(C#N)c(-c2ccc3c(c2)sc2ccccc23)c1. The molecule has 2 heterocycles. The first kappa shape index (κ1) is 24.1. The van der Waals surface area contributed by atoms with E-state index in [9.17, 15) is 10.5 Å². The molecule has 42 heavy (non-hydrogen) atoms. The van der Waals surface area contributed by atoms with E-state index in [0.717, 1.165) is 55.3 Å². The maximum Gasteiger partial charge on any atom is 0.136 e. The summed E-state index contributed by atoms with van der Waals surface area (Å²) < 4.78 is 8.62. The van der Waals surface area contributed by atoms with Gasteiger partial charge in [-0.15, -0.1) is 11.3 Å². The fourth-order valence-corrected chi connectivity index (χ4v) is 7.14. The Labute approximate surface area is 245 Å². The molecule has 194 valence electrons. The molecular formula is C38H20N2OS. The fraction of sp³-hybridized carbons (Fsp3) is 0. The largest absolute Gasteiger partial charge is 0.456 e. The predicted octanol–water partition coefficient (Wildman–Crippen LogP) is 10.7. The summed E-state index contributed by atoms with van der Waals surface area (Å²) in [5.41, 5.74) is 7.99. The summed E-state index contributed by atoms with van der Waals surface area (Å²) in [5, 5.41) is 25.1. The third-order valence-electron chi connectivity index (χ3n) is 7.99. The molecule has 0 radical (unpaired) electrons. The summed E-state index contributed by atoms with van der Waals surface area (Å²) in [6.07, 6.45) is 0. The Hall–Kier alpha value is -5.68. The lowest BCUT2D eigenvalue weighted by Gasteiger charge is -2.15. The minimum atomic E-state index is 0.587. The van der Waals surface area contributed by atoms with Gasteiger partial charge in [0.25, 0.3) is 0 Å². The van der Waals surface area contributed by atoms with Crippen LogP contribution in [-0.4, -0.2) is 0 Å². The number of benzene rings is 6. The second-order valence-corrected chi connectivity index (χ2v) is 11.4. The number of furan rings is 1. The van der Waals surface area contributed by atoms with Crippen LogP contribution in [0.4, 0.5) is 0 Å². The smallest absolute Gasteiger partial charge is 0.136 e. The van der Waals surface area contributed by atoms with Crippen molar-refractivity contribution in [1.29, 1.82) is 10.5 Å². The molecule has 3 nitrogen and oxygen atoms in total. The van der Waals surface area contributed by atoms with E-state index in [1.165, 1.54) is 20.2 Å². The molecule has 0 N–H and O–H groups in total. The second-order valence-electron chi connectivity index (χ2n) is 10.3. The summed E-state index contributed by atoms with van der Waals surface area (Å²) in [6, 6.07) is 45.6. The quantitative estimate of drug-likeness (QED) is 0.219. The van der Waals surface area contributed by atoms with E-state index in [-0.39, 0.29) is 0 Å². The average molecular weight is 553 g/mol. The zero-order chi connectivity index (χ0) is 28.2. The highest BCUT2D eigenvalue weighted by molar-refractivity contribution is 7.25. The molecular weight excluding hydrogens is 532 g/mol. The van der Waals surface area contributed by atoms with Crippen LogP contribution in [0.5, 0.6) is 0 Å². The highest BCUT2D eigenvalue weighted by Crippen LogP contribution is 2.42. The van der Waals surface area contributed by atoms with Crippen molar-refractivity contribution in [2.75, 3.05) is 0 Å². The van der Waals surface area contributed by atoms with Crippen molar-refractivity contribution in [2.24, 2.45) is 0 Å². The van der Waals surface area contributed by atoms with E-state index in [2.05, 4.69) is 72.8 Å². The standard InChI is InChI=1S/C38H20N2OS/c39-21-25-7-1-2-8-27(25)26-17-32(23-13-15-29-28-9-3-5-11-35(28)41-36(29)19-23)34(22-40)33(18-26)24-14-16-31-30-10-4-6-12-37(30)42-38(31)20-24/h1-20H. The Kier molecular flexibility index (Phi) is 5.44. The van der Waals surface area contributed by atoms with E-state index in [0.29, 0.717) is 11.1 Å². The average Bonchev–Trinajstić information content (AvgIpc) is 3.61. The lowest BCUT2D eigenvalue weighted by molar-refractivity contribution is 0.669. The molecule has 0 unspecified atom stereocenters. The minimum absolute atomic E-state index is 0.587. The van der Waals surface area contributed by atoms with Crippen molar-refractivity contribution in [1.82, 2.24) is 0 Å². The molecule has 4 heteroatoms. The normalized spacial score (nSPS) is 11.3. The topological polar surface area (TPSA) is 60.7 Å². The van der Waals surface area contributed by atoms with Crippen molar-refractivity contribution in [3.05, 3.63) is 132 Å². The van der Waals surface area contributed by atoms with Crippen molar-refractivity contribution in [3.8, 4) is 45.5 Å². The van der Waals surface area contributed by atoms with Gasteiger partial charge in [-0.05, 0) is 70.8 Å². The fourth-order valence-electron chi connectivity index (χ4n) is 5.99. The van der Waals surface area contributed by atoms with Crippen molar-refractivity contribution in [3.63, 3.8) is 0 Å². The Morgan fingerprint density at radius 3 is 1.93 bits per heavy atom. The molecule has 0 aliphatic heterocycles. The Morgan fingerprint density at radius 2 is 1.12 bits per heavy atom. The van der Waals surface area contributed by atoms with Crippen LogP contribution in [0, 0.1) is 22.7 Å². The summed E-state index contributed by atoms with van der Waals surface area (Å²) in [6.45, 7) is 0. The summed E-state index contributed by atoms with van der Waals surface area (Å²) in [4.78, 5) is 0. The number of hydrogen-bond donors (Lipinski definition) is 0. The molecule has 8 aromatic rings. The molecule has 0 aliphatic rings. The van der Waals surface area contributed by atoms with Gasteiger partial charge in [-0.3, -0.25) is 0 Å². The number of fused-ring (bicyclic) bond motifs is 6. The number of nitrogens with zero attached hydrogens (tertiary/aromatic N) is 2. The van der Waals surface area contributed by atoms with E-state index in [1.807, 2.05) is 60.7 Å². The minimum Gasteiger partial charge on any atom is -0.456 e. The molecule has 0 fully saturated rings. The molecule has 0 amide bonds. The van der Waals surface area contributed by atoms with Gasteiger partial charge >= 0.3 is 0 Å². The van der Waals surface area contributed by atoms with Crippen LogP contribution >= 0.6 is 11.3 Å². The number of thiophene rings is 1. The predicted molar refractivity (Wildman–Crippen MR) is 172 cm³/mol. The first-order valence-electron chi connectivity index (χ1n) is 13.6. The van der Waals surface area contributed by atoms with Crippen LogP contribution in [0.1, 0.15) is 11.1 Å². The van der Waals surface area contributed by atoms with Gasteiger partial charge in [-0.25, -0.2) is 0 Å². The highest BCUT2D eigenvalue weighted by atomic mass is 32.1. The third kappa shape index (κ3) is 3.71. The van der Waals surface area contributed by atoms with Gasteiger partial charge in [0.2, 0.25) is 0 Å². The van der Waals surface area contributed by atoms with Crippen LogP contribution in [0.15, 0.2) is 126 Å². The van der Waals surface area contributed by atoms with Crippen LogP contribution in [0.25, 0.3) is 75.5 Å². The Balaban J connectivity index is 1.41. The van der Waals surface area contributed by atoms with Gasteiger partial charge in [0.1, 0.15) is 17.2 Å². The van der Waals surface area contributed by atoms with Gasteiger partial charge in [-0.1, -0.05) is 72.8 Å². The van der Waals surface area contributed by atoms with E-state index in [4.69, 9.17) is 4.42 Å². The third-order valence-corrected chi connectivity index (χ3v) is 9.12. The molecule has 8 rings (SSSR count). The van der Waals surface area contributed by atoms with Gasteiger partial charge in [0.05, 0.1) is 17.2 Å². The van der Waals surface area contributed by atoms with Crippen LogP contribution in [0.2, 0.25) is 0 Å². The Morgan fingerprint density at radius 1 is 0.476 bits per heavy atom. The van der Waals surface area contributed by atoms with Crippen molar-refractivity contribution in [2.45, 2.75) is 0 Å². The lowest BCUT2D eigenvalue weighted by Crippen LogP contribution is -1.94. The molecule has 0 bridgehead atoms. The number of rotatable bonds is 3. The molecule has 2 aromatic heterocycles. The van der Waals surface area contributed by atoms with Crippen LogP contribution in [0.3, 0.4) is 0 Å². The molecule has 0 saturated carbocycles. The summed E-state index contributed by atoms with van der Waals surface area (Å²) >= 11 is 1.76. The van der Waals surface area contributed by atoms with Gasteiger partial charge < -0.3 is 4.42 Å². The highest BCUT2D eigenvalue weighted by Gasteiger charge is 2.19. The molecule has 0 saturated heterocycles. The van der Waals surface area contributed by atoms with Crippen LogP contribution < -0.4 is 0 Å². The lowest BCUT2D eigenvalue weighted by atomic mass is 9.87. The van der Waals surface area contributed by atoms with E-state index in [1.54, 1.807) is 11.3 Å². The molecule has 0 atom stereocenters. The van der Waals surface area contributed by atoms with Gasteiger partial charge in [0.15, 0.2) is 0 Å². The summed E-state index contributed by atoms with van der Waals surface area (Å²) in [5.74, 6) is 0. The number of para-hydroxylation sites is 1. The number of nitriles is 2. The number of hydrogen-bond acceptors (Lipinski definition) is 4. The van der Waals surface area contributed by atoms with Crippen molar-refractivity contribution >= 4 is 53.4 Å². The maximum atomic E-state index is 10.6. The van der Waals surface area contributed by atoms with Gasteiger partial charge in [0, 0.05) is 42.1 Å². The maximum absolute atomic E-state index is 10.6. The molecule has 0 spiro atoms. The van der Waals surface area contributed by atoms with E-state index < -0.39 is 0 Å². The molecule has 0 aliphatic carbocycles. The van der Waals surface area contributed by atoms with Gasteiger partial charge in [-0.2, -0.15) is 10.5 Å². The molecule has 6 aromatic carbocycles. The zero-order valence-corrected chi connectivity index (χ0v) is 23.1. The van der Waals surface area contributed by atoms with Crippen LogP contribution in [-0.2, 0) is 0 Å². The van der Waals surface area contributed by atoms with E-state index >= 15 is 0 Å². The Bertz CT molecular complexity index is 2310.